The minimum absolute atomic E-state index is 0.252. The van der Waals surface area contributed by atoms with Gasteiger partial charge >= 0.3 is 11.9 Å². The average molecular weight is 371 g/mol. The molecule has 0 amide bonds. The van der Waals surface area contributed by atoms with Gasteiger partial charge in [0.25, 0.3) is 0 Å². The molecule has 0 spiro atoms. The Hall–Kier alpha value is -1.06. The lowest BCUT2D eigenvalue weighted by Gasteiger charge is -2.20. The fraction of sp³-hybridized carbons (Fsp3) is 0.909. The Balaban J connectivity index is 4.23. The van der Waals surface area contributed by atoms with Gasteiger partial charge in [-0.05, 0) is 12.3 Å². The zero-order valence-corrected chi connectivity index (χ0v) is 17.2. The molecule has 4 heteroatoms. The highest BCUT2D eigenvalue weighted by molar-refractivity contribution is 5.77. The second-order valence-corrected chi connectivity index (χ2v) is 7.85. The van der Waals surface area contributed by atoms with Crippen molar-refractivity contribution in [2.45, 2.75) is 117 Å². The van der Waals surface area contributed by atoms with Crippen LogP contribution < -0.4 is 0 Å². The Morgan fingerprint density at radius 2 is 1.12 bits per heavy atom. The van der Waals surface area contributed by atoms with E-state index in [2.05, 4.69) is 13.8 Å². The number of carboxylic acids is 2. The first-order chi connectivity index (χ1) is 12.5. The second kappa shape index (κ2) is 17.4. The largest absolute Gasteiger partial charge is 0.481 e. The molecule has 0 radical (unpaired) electrons. The predicted octanol–water partition coefficient (Wildman–Crippen LogP) is 6.67. The molecule has 0 bridgehead atoms. The van der Waals surface area contributed by atoms with E-state index in [1.165, 1.54) is 64.2 Å². The standard InChI is InChI=1S/C22H42O4/c1-3-5-7-9-10-11-12-14-16-19(15-13-8-6-4-2)17-20(22(25)26)18-21(23)24/h19-20H,3-18H2,1-2H3,(H,23,24)(H,25,26). The van der Waals surface area contributed by atoms with Crippen LogP contribution in [0.5, 0.6) is 0 Å². The van der Waals surface area contributed by atoms with E-state index < -0.39 is 17.9 Å². The SMILES string of the molecule is CCCCCCCCCCC(CCCCCC)CC(CC(=O)O)C(=O)O. The first-order valence-corrected chi connectivity index (χ1v) is 11.0. The Bertz CT molecular complexity index is 354. The summed E-state index contributed by atoms with van der Waals surface area (Å²) in [5.41, 5.74) is 0. The summed E-state index contributed by atoms with van der Waals surface area (Å²) in [5, 5.41) is 18.3. The summed E-state index contributed by atoms with van der Waals surface area (Å²) in [6.45, 7) is 4.42. The maximum atomic E-state index is 11.4. The molecule has 4 nitrogen and oxygen atoms in total. The number of carboxylic acid groups (broad SMARTS) is 2. The van der Waals surface area contributed by atoms with Gasteiger partial charge in [0.1, 0.15) is 0 Å². The van der Waals surface area contributed by atoms with Gasteiger partial charge < -0.3 is 10.2 Å². The van der Waals surface area contributed by atoms with Crippen molar-refractivity contribution in [3.05, 3.63) is 0 Å². The van der Waals surface area contributed by atoms with Crippen LogP contribution in [0.4, 0.5) is 0 Å². The van der Waals surface area contributed by atoms with Crippen molar-refractivity contribution in [1.29, 1.82) is 0 Å². The number of carbonyl (C=O) groups is 2. The fourth-order valence-corrected chi connectivity index (χ4v) is 3.69. The van der Waals surface area contributed by atoms with Crippen molar-refractivity contribution in [2.75, 3.05) is 0 Å². The summed E-state index contributed by atoms with van der Waals surface area (Å²) < 4.78 is 0. The zero-order chi connectivity index (χ0) is 19.6. The molecule has 2 atom stereocenters. The van der Waals surface area contributed by atoms with Crippen LogP contribution in [0.2, 0.25) is 0 Å². The lowest BCUT2D eigenvalue weighted by Crippen LogP contribution is -2.21. The third-order valence-electron chi connectivity index (χ3n) is 5.32. The molecule has 0 aliphatic rings. The summed E-state index contributed by atoms with van der Waals surface area (Å²) in [6.07, 6.45) is 17.3. The van der Waals surface area contributed by atoms with E-state index in [-0.39, 0.29) is 6.42 Å². The van der Waals surface area contributed by atoms with E-state index in [1.807, 2.05) is 0 Å². The molecule has 154 valence electrons. The second-order valence-electron chi connectivity index (χ2n) is 7.85. The molecule has 2 unspecified atom stereocenters. The van der Waals surface area contributed by atoms with Crippen molar-refractivity contribution in [3.8, 4) is 0 Å². The fourth-order valence-electron chi connectivity index (χ4n) is 3.69. The summed E-state index contributed by atoms with van der Waals surface area (Å²) in [5.74, 6) is -2.35. The number of aliphatic carboxylic acids is 2. The maximum Gasteiger partial charge on any atom is 0.307 e. The molecule has 26 heavy (non-hydrogen) atoms. The van der Waals surface area contributed by atoms with E-state index in [0.717, 1.165) is 25.7 Å². The van der Waals surface area contributed by atoms with Crippen LogP contribution in [0.1, 0.15) is 117 Å². The third kappa shape index (κ3) is 15.2. The highest BCUT2D eigenvalue weighted by atomic mass is 16.4. The van der Waals surface area contributed by atoms with E-state index >= 15 is 0 Å². The van der Waals surface area contributed by atoms with Gasteiger partial charge in [0, 0.05) is 0 Å². The van der Waals surface area contributed by atoms with Crippen LogP contribution in [0.25, 0.3) is 0 Å². The Kier molecular flexibility index (Phi) is 16.7. The van der Waals surface area contributed by atoms with Crippen molar-refractivity contribution >= 4 is 11.9 Å². The van der Waals surface area contributed by atoms with Crippen LogP contribution in [-0.2, 0) is 9.59 Å². The maximum absolute atomic E-state index is 11.4. The molecule has 0 aromatic rings. The van der Waals surface area contributed by atoms with Crippen LogP contribution in [0.15, 0.2) is 0 Å². The Morgan fingerprint density at radius 1 is 0.692 bits per heavy atom. The molecule has 0 heterocycles. The minimum Gasteiger partial charge on any atom is -0.481 e. The first kappa shape index (κ1) is 24.9. The lowest BCUT2D eigenvalue weighted by molar-refractivity contribution is -0.148. The van der Waals surface area contributed by atoms with E-state index in [1.54, 1.807) is 0 Å². The average Bonchev–Trinajstić information content (AvgIpc) is 2.59. The Labute approximate surface area is 160 Å². The van der Waals surface area contributed by atoms with Crippen LogP contribution >= 0.6 is 0 Å². The van der Waals surface area contributed by atoms with Gasteiger partial charge in [0.05, 0.1) is 12.3 Å². The molecule has 2 N–H and O–H groups in total. The summed E-state index contributed by atoms with van der Waals surface area (Å²) in [4.78, 5) is 22.3. The third-order valence-corrected chi connectivity index (χ3v) is 5.32. The van der Waals surface area contributed by atoms with Crippen LogP contribution in [0.3, 0.4) is 0 Å². The summed E-state index contributed by atoms with van der Waals surface area (Å²) in [7, 11) is 0. The normalized spacial score (nSPS) is 13.5. The molecule has 0 fully saturated rings. The van der Waals surface area contributed by atoms with Crippen molar-refractivity contribution < 1.29 is 19.8 Å². The lowest BCUT2D eigenvalue weighted by atomic mass is 9.85. The summed E-state index contributed by atoms with van der Waals surface area (Å²) in [6, 6.07) is 0. The van der Waals surface area contributed by atoms with Gasteiger partial charge in [-0.2, -0.15) is 0 Å². The van der Waals surface area contributed by atoms with Gasteiger partial charge in [0.15, 0.2) is 0 Å². The van der Waals surface area contributed by atoms with Crippen LogP contribution in [-0.4, -0.2) is 22.2 Å². The number of hydrogen-bond acceptors (Lipinski definition) is 2. The molecular weight excluding hydrogens is 328 g/mol. The molecule has 0 saturated carbocycles. The van der Waals surface area contributed by atoms with Crippen molar-refractivity contribution in [2.24, 2.45) is 11.8 Å². The van der Waals surface area contributed by atoms with E-state index in [0.29, 0.717) is 12.3 Å². The minimum atomic E-state index is -1.01. The van der Waals surface area contributed by atoms with Gasteiger partial charge in [0.2, 0.25) is 0 Å². The van der Waals surface area contributed by atoms with Gasteiger partial charge in [-0.3, -0.25) is 9.59 Å². The smallest absolute Gasteiger partial charge is 0.307 e. The molecule has 0 aromatic heterocycles. The highest BCUT2D eigenvalue weighted by Gasteiger charge is 2.24. The molecule has 0 aliphatic heterocycles. The van der Waals surface area contributed by atoms with Gasteiger partial charge in [-0.1, -0.05) is 104 Å². The topological polar surface area (TPSA) is 74.6 Å². The number of unbranched alkanes of at least 4 members (excludes halogenated alkanes) is 10. The highest BCUT2D eigenvalue weighted by Crippen LogP contribution is 2.27. The molecular formula is C22H42O4. The number of rotatable bonds is 19. The summed E-state index contributed by atoms with van der Waals surface area (Å²) >= 11 is 0. The monoisotopic (exact) mass is 370 g/mol. The predicted molar refractivity (Wildman–Crippen MR) is 107 cm³/mol. The molecule has 0 aromatic carbocycles. The quantitative estimate of drug-likeness (QED) is 0.249. The van der Waals surface area contributed by atoms with Crippen molar-refractivity contribution in [1.82, 2.24) is 0 Å². The molecule has 0 saturated heterocycles. The first-order valence-electron chi connectivity index (χ1n) is 11.0. The van der Waals surface area contributed by atoms with E-state index in [4.69, 9.17) is 5.11 Å². The van der Waals surface area contributed by atoms with Crippen LogP contribution in [0, 0.1) is 11.8 Å². The molecule has 0 rings (SSSR count). The van der Waals surface area contributed by atoms with Crippen molar-refractivity contribution in [3.63, 3.8) is 0 Å². The molecule has 0 aliphatic carbocycles. The van der Waals surface area contributed by atoms with Gasteiger partial charge in [-0.15, -0.1) is 0 Å². The van der Waals surface area contributed by atoms with E-state index in [9.17, 15) is 14.7 Å². The Morgan fingerprint density at radius 3 is 1.54 bits per heavy atom. The zero-order valence-electron chi connectivity index (χ0n) is 17.2. The number of hydrogen-bond donors (Lipinski definition) is 2. The van der Waals surface area contributed by atoms with Gasteiger partial charge in [-0.25, -0.2) is 0 Å².